The van der Waals surface area contributed by atoms with Crippen LogP contribution in [0.5, 0.6) is 0 Å². The van der Waals surface area contributed by atoms with Crippen LogP contribution in [-0.2, 0) is 6.42 Å². The van der Waals surface area contributed by atoms with Crippen molar-refractivity contribution in [2.24, 2.45) is 11.7 Å². The van der Waals surface area contributed by atoms with E-state index in [1.807, 2.05) is 0 Å². The minimum Gasteiger partial charge on any atom is -0.329 e. The molecule has 1 unspecified atom stereocenters. The lowest BCUT2D eigenvalue weighted by atomic mass is 9.99. The van der Waals surface area contributed by atoms with Crippen molar-refractivity contribution < 1.29 is 0 Å². The van der Waals surface area contributed by atoms with Gasteiger partial charge in [-0.3, -0.25) is 4.90 Å². The zero-order chi connectivity index (χ0) is 13.5. The maximum absolute atomic E-state index is 5.93. The summed E-state index contributed by atoms with van der Waals surface area (Å²) >= 11 is 0. The summed E-state index contributed by atoms with van der Waals surface area (Å²) in [6.45, 7) is 11.7. The fourth-order valence-electron chi connectivity index (χ4n) is 2.51. The first kappa shape index (κ1) is 15.2. The highest BCUT2D eigenvalue weighted by Crippen LogP contribution is 2.20. The average Bonchev–Trinajstić information content (AvgIpc) is 2.36. The molecule has 0 aliphatic heterocycles. The molecule has 18 heavy (non-hydrogen) atoms. The van der Waals surface area contributed by atoms with E-state index in [0.717, 1.165) is 19.5 Å². The second-order valence-electron chi connectivity index (χ2n) is 5.31. The van der Waals surface area contributed by atoms with Crippen LogP contribution < -0.4 is 5.73 Å². The third-order valence-corrected chi connectivity index (χ3v) is 3.48. The molecule has 0 aliphatic rings. The highest BCUT2D eigenvalue weighted by molar-refractivity contribution is 5.25. The van der Waals surface area contributed by atoms with Gasteiger partial charge in [0.2, 0.25) is 0 Å². The van der Waals surface area contributed by atoms with Crippen LogP contribution in [0.25, 0.3) is 0 Å². The Morgan fingerprint density at radius 2 is 1.61 bits per heavy atom. The number of nitrogens with two attached hydrogens (primary N) is 1. The second-order valence-corrected chi connectivity index (χ2v) is 5.31. The summed E-state index contributed by atoms with van der Waals surface area (Å²) in [5, 5.41) is 0. The number of hydrogen-bond donors (Lipinski definition) is 1. The van der Waals surface area contributed by atoms with Crippen molar-refractivity contribution in [2.75, 3.05) is 19.6 Å². The maximum Gasteiger partial charge on any atom is 0.0470 e. The summed E-state index contributed by atoms with van der Waals surface area (Å²) < 4.78 is 0. The summed E-state index contributed by atoms with van der Waals surface area (Å²) in [5.41, 5.74) is 8.70. The Morgan fingerprint density at radius 1 is 1.06 bits per heavy atom. The van der Waals surface area contributed by atoms with Crippen molar-refractivity contribution in [2.45, 2.75) is 40.2 Å². The molecule has 0 amide bonds. The van der Waals surface area contributed by atoms with Crippen molar-refractivity contribution in [3.8, 4) is 0 Å². The summed E-state index contributed by atoms with van der Waals surface area (Å²) in [7, 11) is 0. The van der Waals surface area contributed by atoms with E-state index in [0.29, 0.717) is 18.5 Å². The minimum atomic E-state index is 0.355. The fourth-order valence-corrected chi connectivity index (χ4v) is 2.51. The van der Waals surface area contributed by atoms with E-state index < -0.39 is 0 Å². The predicted octanol–water partition coefficient (Wildman–Crippen LogP) is 3.23. The van der Waals surface area contributed by atoms with Gasteiger partial charge in [0.15, 0.2) is 0 Å². The quantitative estimate of drug-likeness (QED) is 0.802. The topological polar surface area (TPSA) is 29.3 Å². The smallest absolute Gasteiger partial charge is 0.0470 e. The average molecular weight is 248 g/mol. The third-order valence-electron chi connectivity index (χ3n) is 3.48. The van der Waals surface area contributed by atoms with Gasteiger partial charge in [0.1, 0.15) is 0 Å². The monoisotopic (exact) mass is 248 g/mol. The van der Waals surface area contributed by atoms with E-state index in [-0.39, 0.29) is 0 Å². The predicted molar refractivity (Wildman–Crippen MR) is 79.7 cm³/mol. The van der Waals surface area contributed by atoms with Crippen LogP contribution in [0.1, 0.15) is 44.9 Å². The molecule has 2 nitrogen and oxygen atoms in total. The summed E-state index contributed by atoms with van der Waals surface area (Å²) in [4.78, 5) is 2.41. The van der Waals surface area contributed by atoms with Gasteiger partial charge in [0.05, 0.1) is 0 Å². The van der Waals surface area contributed by atoms with Gasteiger partial charge in [-0.1, -0.05) is 52.0 Å². The standard InChI is InChI=1S/C16H28N2/c1-5-18(6-2)16(12-17)15-9-7-14(8-10-15)11-13(3)4/h7-10,13,16H,5-6,11-12,17H2,1-4H3. The van der Waals surface area contributed by atoms with Crippen LogP contribution in [0.15, 0.2) is 24.3 Å². The van der Waals surface area contributed by atoms with Crippen molar-refractivity contribution >= 4 is 0 Å². The lowest BCUT2D eigenvalue weighted by Gasteiger charge is -2.29. The summed E-state index contributed by atoms with van der Waals surface area (Å²) in [5.74, 6) is 0.712. The molecule has 0 bridgehead atoms. The first-order valence-electron chi connectivity index (χ1n) is 7.15. The molecule has 1 atom stereocenters. The number of likely N-dealkylation sites (N-methyl/N-ethyl adjacent to an activating group) is 1. The van der Waals surface area contributed by atoms with Crippen molar-refractivity contribution in [1.29, 1.82) is 0 Å². The lowest BCUT2D eigenvalue weighted by molar-refractivity contribution is 0.224. The van der Waals surface area contributed by atoms with Crippen LogP contribution in [0.2, 0.25) is 0 Å². The normalized spacial score (nSPS) is 13.3. The molecular formula is C16H28N2. The molecule has 102 valence electrons. The molecule has 0 saturated heterocycles. The largest absolute Gasteiger partial charge is 0.329 e. The first-order valence-corrected chi connectivity index (χ1v) is 7.15. The molecule has 0 fully saturated rings. The Morgan fingerprint density at radius 3 is 2.00 bits per heavy atom. The van der Waals surface area contributed by atoms with Gasteiger partial charge >= 0.3 is 0 Å². The Bertz CT molecular complexity index is 325. The van der Waals surface area contributed by atoms with Gasteiger partial charge in [-0.2, -0.15) is 0 Å². The lowest BCUT2D eigenvalue weighted by Crippen LogP contribution is -2.33. The van der Waals surface area contributed by atoms with E-state index in [4.69, 9.17) is 5.73 Å². The third kappa shape index (κ3) is 4.11. The first-order chi connectivity index (χ1) is 8.62. The molecule has 0 saturated carbocycles. The molecule has 0 spiro atoms. The Hall–Kier alpha value is -0.860. The number of hydrogen-bond acceptors (Lipinski definition) is 2. The van der Waals surface area contributed by atoms with E-state index in [2.05, 4.69) is 56.9 Å². The molecule has 0 radical (unpaired) electrons. The van der Waals surface area contributed by atoms with Crippen molar-refractivity contribution in [3.63, 3.8) is 0 Å². The van der Waals surface area contributed by atoms with Gasteiger partial charge < -0.3 is 5.73 Å². The fraction of sp³-hybridized carbons (Fsp3) is 0.625. The van der Waals surface area contributed by atoms with Crippen molar-refractivity contribution in [3.05, 3.63) is 35.4 Å². The molecule has 0 aliphatic carbocycles. The van der Waals surface area contributed by atoms with Gasteiger partial charge in [-0.25, -0.2) is 0 Å². The molecule has 1 aromatic carbocycles. The number of benzene rings is 1. The molecular weight excluding hydrogens is 220 g/mol. The van der Waals surface area contributed by atoms with E-state index >= 15 is 0 Å². The van der Waals surface area contributed by atoms with Crippen LogP contribution in [0, 0.1) is 5.92 Å². The Kier molecular flexibility index (Phi) is 6.37. The second kappa shape index (κ2) is 7.55. The van der Waals surface area contributed by atoms with Gasteiger partial charge in [-0.05, 0) is 36.6 Å². The van der Waals surface area contributed by atoms with Gasteiger partial charge in [-0.15, -0.1) is 0 Å². The highest BCUT2D eigenvalue weighted by Gasteiger charge is 2.15. The van der Waals surface area contributed by atoms with Crippen LogP contribution in [-0.4, -0.2) is 24.5 Å². The van der Waals surface area contributed by atoms with Gasteiger partial charge in [0.25, 0.3) is 0 Å². The maximum atomic E-state index is 5.93. The number of nitrogens with zero attached hydrogens (tertiary/aromatic N) is 1. The van der Waals surface area contributed by atoms with E-state index in [9.17, 15) is 0 Å². The Labute approximate surface area is 112 Å². The van der Waals surface area contributed by atoms with E-state index in [1.54, 1.807) is 0 Å². The minimum absolute atomic E-state index is 0.355. The highest BCUT2D eigenvalue weighted by atomic mass is 15.2. The van der Waals surface area contributed by atoms with Crippen LogP contribution >= 0.6 is 0 Å². The molecule has 0 aromatic heterocycles. The van der Waals surface area contributed by atoms with Gasteiger partial charge in [0, 0.05) is 12.6 Å². The molecule has 2 heteroatoms. The van der Waals surface area contributed by atoms with Crippen LogP contribution in [0.4, 0.5) is 0 Å². The molecule has 0 heterocycles. The summed E-state index contributed by atoms with van der Waals surface area (Å²) in [6, 6.07) is 9.34. The van der Waals surface area contributed by atoms with Crippen LogP contribution in [0.3, 0.4) is 0 Å². The molecule has 1 aromatic rings. The SMILES string of the molecule is CCN(CC)C(CN)c1ccc(CC(C)C)cc1. The summed E-state index contributed by atoms with van der Waals surface area (Å²) in [6.07, 6.45) is 1.15. The zero-order valence-electron chi connectivity index (χ0n) is 12.3. The number of rotatable bonds is 7. The van der Waals surface area contributed by atoms with E-state index in [1.165, 1.54) is 11.1 Å². The van der Waals surface area contributed by atoms with Crippen molar-refractivity contribution in [1.82, 2.24) is 4.90 Å². The molecule has 2 N–H and O–H groups in total. The Balaban J connectivity index is 2.81. The molecule has 1 rings (SSSR count). The zero-order valence-corrected chi connectivity index (χ0v) is 12.3.